The maximum atomic E-state index is 11.9. The van der Waals surface area contributed by atoms with Crippen molar-refractivity contribution in [1.82, 2.24) is 25.1 Å². The van der Waals surface area contributed by atoms with E-state index in [-0.39, 0.29) is 18.0 Å². The largest absolute Gasteiger partial charge is 0.348 e. The fourth-order valence-electron chi connectivity index (χ4n) is 2.27. The molecule has 2 N–H and O–H groups in total. The van der Waals surface area contributed by atoms with Crippen LogP contribution in [0.15, 0.2) is 18.6 Å². The van der Waals surface area contributed by atoms with E-state index in [1.807, 2.05) is 0 Å². The first-order valence-electron chi connectivity index (χ1n) is 7.30. The molecule has 1 aromatic rings. The van der Waals surface area contributed by atoms with Crippen molar-refractivity contribution in [1.29, 1.82) is 0 Å². The van der Waals surface area contributed by atoms with E-state index in [0.29, 0.717) is 12.4 Å². The molecule has 1 aromatic heterocycles. The average molecular weight is 306 g/mol. The highest BCUT2D eigenvalue weighted by molar-refractivity contribution is 5.88. The minimum atomic E-state index is -0.262. The van der Waals surface area contributed by atoms with Gasteiger partial charge in [0.15, 0.2) is 0 Å². The summed E-state index contributed by atoms with van der Waals surface area (Å²) >= 11 is 0. The molecular formula is C14H22N6O2. The van der Waals surface area contributed by atoms with E-state index in [1.165, 1.54) is 6.33 Å². The summed E-state index contributed by atoms with van der Waals surface area (Å²) in [7, 11) is 3.52. The molecule has 8 nitrogen and oxygen atoms in total. The average Bonchev–Trinajstić information content (AvgIpc) is 2.50. The molecule has 0 radical (unpaired) electrons. The molecule has 2 rings (SSSR count). The van der Waals surface area contributed by atoms with Gasteiger partial charge in [0.2, 0.25) is 5.91 Å². The summed E-state index contributed by atoms with van der Waals surface area (Å²) in [6.45, 7) is 2.04. The van der Waals surface area contributed by atoms with Crippen molar-refractivity contribution in [3.63, 3.8) is 0 Å². The highest BCUT2D eigenvalue weighted by Gasteiger charge is 2.22. The first-order valence-corrected chi connectivity index (χ1v) is 7.30. The molecule has 3 amide bonds. The lowest BCUT2D eigenvalue weighted by molar-refractivity contribution is -0.130. The number of anilines is 1. The van der Waals surface area contributed by atoms with Gasteiger partial charge in [-0.2, -0.15) is 0 Å². The topological polar surface area (TPSA) is 90.5 Å². The van der Waals surface area contributed by atoms with Gasteiger partial charge in [-0.3, -0.25) is 15.0 Å². The Bertz CT molecular complexity index is 499. The highest BCUT2D eigenvalue weighted by Crippen LogP contribution is 2.10. The van der Waals surface area contributed by atoms with Gasteiger partial charge in [0, 0.05) is 39.4 Å². The van der Waals surface area contributed by atoms with Crippen LogP contribution in [0.25, 0.3) is 0 Å². The Morgan fingerprint density at radius 3 is 2.68 bits per heavy atom. The zero-order valence-electron chi connectivity index (χ0n) is 13.0. The van der Waals surface area contributed by atoms with Crippen LogP contribution in [0.4, 0.5) is 10.6 Å². The molecule has 1 fully saturated rings. The van der Waals surface area contributed by atoms with Gasteiger partial charge in [-0.25, -0.2) is 14.8 Å². The molecule has 0 aromatic carbocycles. The van der Waals surface area contributed by atoms with Crippen LogP contribution in [0.1, 0.15) is 12.8 Å². The van der Waals surface area contributed by atoms with E-state index in [4.69, 9.17) is 0 Å². The smallest absolute Gasteiger partial charge is 0.320 e. The maximum Gasteiger partial charge on any atom is 0.320 e. The summed E-state index contributed by atoms with van der Waals surface area (Å²) in [5.41, 5.74) is 0. The lowest BCUT2D eigenvalue weighted by atomic mass is 10.1. The molecule has 0 saturated carbocycles. The lowest BCUT2D eigenvalue weighted by Gasteiger charge is -2.32. The number of nitrogens with zero attached hydrogens (tertiary/aromatic N) is 4. The molecular weight excluding hydrogens is 284 g/mol. The molecule has 1 aliphatic rings. The first-order chi connectivity index (χ1) is 10.5. The molecule has 1 saturated heterocycles. The highest BCUT2D eigenvalue weighted by atomic mass is 16.2. The third-order valence-electron chi connectivity index (χ3n) is 3.60. The number of amides is 3. The number of rotatable bonds is 4. The van der Waals surface area contributed by atoms with Crippen LogP contribution in [0.3, 0.4) is 0 Å². The number of nitrogens with one attached hydrogen (secondary N) is 2. The SMILES string of the molecule is CN(C)C(=O)CN1CCC(NC(=O)Nc2ccncn2)CC1. The summed E-state index contributed by atoms with van der Waals surface area (Å²) in [5, 5.41) is 5.60. The van der Waals surface area contributed by atoms with E-state index in [0.717, 1.165) is 25.9 Å². The minimum absolute atomic E-state index is 0.105. The van der Waals surface area contributed by atoms with Crippen LogP contribution >= 0.6 is 0 Å². The molecule has 0 unspecified atom stereocenters. The summed E-state index contributed by atoms with van der Waals surface area (Å²) in [6.07, 6.45) is 4.62. The molecule has 0 spiro atoms. The number of urea groups is 1. The second kappa shape index (κ2) is 7.69. The van der Waals surface area contributed by atoms with Crippen molar-refractivity contribution in [2.75, 3.05) is 39.0 Å². The molecule has 0 bridgehead atoms. The van der Waals surface area contributed by atoms with Crippen LogP contribution in [0.2, 0.25) is 0 Å². The molecule has 120 valence electrons. The first kappa shape index (κ1) is 16.2. The third kappa shape index (κ3) is 4.96. The quantitative estimate of drug-likeness (QED) is 0.826. The second-order valence-electron chi connectivity index (χ2n) is 5.53. The Hall–Kier alpha value is -2.22. The number of piperidine rings is 1. The number of carbonyl (C=O) groups is 2. The lowest BCUT2D eigenvalue weighted by Crippen LogP contribution is -2.48. The van der Waals surface area contributed by atoms with Gasteiger partial charge in [0.1, 0.15) is 12.1 Å². The molecule has 2 heterocycles. The van der Waals surface area contributed by atoms with Crippen LogP contribution in [-0.4, -0.2) is 71.5 Å². The van der Waals surface area contributed by atoms with Gasteiger partial charge in [-0.15, -0.1) is 0 Å². The Morgan fingerprint density at radius 1 is 1.36 bits per heavy atom. The second-order valence-corrected chi connectivity index (χ2v) is 5.53. The molecule has 8 heteroatoms. The number of likely N-dealkylation sites (tertiary alicyclic amines) is 1. The predicted octanol–water partition coefficient (Wildman–Crippen LogP) is 0.151. The van der Waals surface area contributed by atoms with E-state index >= 15 is 0 Å². The van der Waals surface area contributed by atoms with Crippen LogP contribution in [-0.2, 0) is 4.79 Å². The van der Waals surface area contributed by atoms with E-state index in [1.54, 1.807) is 31.3 Å². The Labute approximate surface area is 129 Å². The summed E-state index contributed by atoms with van der Waals surface area (Å²) in [5.74, 6) is 0.578. The van der Waals surface area contributed by atoms with E-state index < -0.39 is 0 Å². The summed E-state index contributed by atoms with van der Waals surface area (Å²) < 4.78 is 0. The van der Waals surface area contributed by atoms with Crippen LogP contribution in [0, 0.1) is 0 Å². The van der Waals surface area contributed by atoms with Crippen molar-refractivity contribution in [3.8, 4) is 0 Å². The molecule has 22 heavy (non-hydrogen) atoms. The van der Waals surface area contributed by atoms with E-state index in [2.05, 4.69) is 25.5 Å². The van der Waals surface area contributed by atoms with Crippen molar-refractivity contribution < 1.29 is 9.59 Å². The van der Waals surface area contributed by atoms with Crippen molar-refractivity contribution in [3.05, 3.63) is 18.6 Å². The zero-order chi connectivity index (χ0) is 15.9. The fourth-order valence-corrected chi connectivity index (χ4v) is 2.27. The van der Waals surface area contributed by atoms with Gasteiger partial charge in [-0.05, 0) is 18.9 Å². The van der Waals surface area contributed by atoms with Gasteiger partial charge < -0.3 is 10.2 Å². The van der Waals surface area contributed by atoms with Crippen LogP contribution < -0.4 is 10.6 Å². The minimum Gasteiger partial charge on any atom is -0.348 e. The van der Waals surface area contributed by atoms with Crippen LogP contribution in [0.5, 0.6) is 0 Å². The van der Waals surface area contributed by atoms with E-state index in [9.17, 15) is 9.59 Å². The normalized spacial score (nSPS) is 16.1. The third-order valence-corrected chi connectivity index (χ3v) is 3.60. The van der Waals surface area contributed by atoms with Gasteiger partial charge in [-0.1, -0.05) is 0 Å². The molecule has 0 aliphatic carbocycles. The Kier molecular flexibility index (Phi) is 5.65. The summed E-state index contributed by atoms with van der Waals surface area (Å²) in [6, 6.07) is 1.49. The maximum absolute atomic E-state index is 11.9. The van der Waals surface area contributed by atoms with Gasteiger partial charge >= 0.3 is 6.03 Å². The predicted molar refractivity (Wildman–Crippen MR) is 82.3 cm³/mol. The standard InChI is InChI=1S/C14H22N6O2/c1-19(2)13(21)9-20-7-4-11(5-8-20)17-14(22)18-12-3-6-15-10-16-12/h3,6,10-11H,4-5,7-9H2,1-2H3,(H2,15,16,17,18,22). The summed E-state index contributed by atoms with van der Waals surface area (Å²) in [4.78, 5) is 35.0. The van der Waals surface area contributed by atoms with Gasteiger partial charge in [0.25, 0.3) is 0 Å². The number of hydrogen-bond donors (Lipinski definition) is 2. The number of hydrogen-bond acceptors (Lipinski definition) is 5. The van der Waals surface area contributed by atoms with Crippen molar-refractivity contribution in [2.24, 2.45) is 0 Å². The zero-order valence-corrected chi connectivity index (χ0v) is 13.0. The number of likely N-dealkylation sites (N-methyl/N-ethyl adjacent to an activating group) is 1. The van der Waals surface area contributed by atoms with Crippen molar-refractivity contribution >= 4 is 17.8 Å². The molecule has 1 aliphatic heterocycles. The number of carbonyl (C=O) groups excluding carboxylic acids is 2. The Balaban J connectivity index is 1.71. The number of aromatic nitrogens is 2. The van der Waals surface area contributed by atoms with Crippen molar-refractivity contribution in [2.45, 2.75) is 18.9 Å². The monoisotopic (exact) mass is 306 g/mol. The van der Waals surface area contributed by atoms with Gasteiger partial charge in [0.05, 0.1) is 6.54 Å². The Morgan fingerprint density at radius 2 is 2.09 bits per heavy atom. The molecule has 0 atom stereocenters. The fraction of sp³-hybridized carbons (Fsp3) is 0.571.